The van der Waals surface area contributed by atoms with Crippen LogP contribution in [0.5, 0.6) is 5.75 Å². The first-order valence-corrected chi connectivity index (χ1v) is 8.18. The molecule has 0 unspecified atom stereocenters. The Morgan fingerprint density at radius 3 is 2.43 bits per heavy atom. The van der Waals surface area contributed by atoms with Gasteiger partial charge in [-0.25, -0.2) is 8.42 Å². The number of rotatable bonds is 5. The van der Waals surface area contributed by atoms with Crippen molar-refractivity contribution in [2.24, 2.45) is 7.05 Å². The molecule has 0 radical (unpaired) electrons. The number of hydrogen-bond donors (Lipinski definition) is 1. The number of benzene rings is 1. The van der Waals surface area contributed by atoms with E-state index in [0.717, 1.165) is 0 Å². The van der Waals surface area contributed by atoms with Gasteiger partial charge in [0, 0.05) is 7.05 Å². The summed E-state index contributed by atoms with van der Waals surface area (Å²) in [7, 11) is -2.36. The maximum atomic E-state index is 12.6. The Kier molecular flexibility index (Phi) is 4.60. The van der Waals surface area contributed by atoms with Crippen LogP contribution in [0.25, 0.3) is 0 Å². The standard InChI is InChI=1S/C14H17F2N3O3S/c1-8-5-6-12(22-14(15)16)11(7-8)18-23(20,21)13-9(2)17-19(4)10(13)3/h5-7,14,18H,1-4H3. The minimum absolute atomic E-state index is 0.0181. The fraction of sp³-hybridized carbons (Fsp3) is 0.357. The first-order chi connectivity index (χ1) is 10.6. The van der Waals surface area contributed by atoms with Crippen molar-refractivity contribution in [3.8, 4) is 5.75 Å². The molecule has 1 heterocycles. The van der Waals surface area contributed by atoms with E-state index in [1.807, 2.05) is 0 Å². The molecule has 6 nitrogen and oxygen atoms in total. The number of aryl methyl sites for hydroxylation is 3. The predicted molar refractivity (Wildman–Crippen MR) is 81.3 cm³/mol. The Hall–Kier alpha value is -2.16. The van der Waals surface area contributed by atoms with Crippen LogP contribution in [0.15, 0.2) is 23.1 Å². The van der Waals surface area contributed by atoms with E-state index in [-0.39, 0.29) is 16.3 Å². The summed E-state index contributed by atoms with van der Waals surface area (Å²) in [6.07, 6.45) is 0. The lowest BCUT2D eigenvalue weighted by Crippen LogP contribution is -2.16. The Labute approximate surface area is 133 Å². The van der Waals surface area contributed by atoms with Gasteiger partial charge in [0.05, 0.1) is 17.1 Å². The van der Waals surface area contributed by atoms with Gasteiger partial charge in [0.25, 0.3) is 10.0 Å². The third-order valence-electron chi connectivity index (χ3n) is 3.31. The van der Waals surface area contributed by atoms with Gasteiger partial charge in [0.15, 0.2) is 0 Å². The molecule has 0 saturated heterocycles. The van der Waals surface area contributed by atoms with Gasteiger partial charge in [0.1, 0.15) is 10.6 Å². The van der Waals surface area contributed by atoms with Gasteiger partial charge < -0.3 is 4.74 Å². The third kappa shape index (κ3) is 3.61. The zero-order valence-corrected chi connectivity index (χ0v) is 13.9. The molecular formula is C14H17F2N3O3S. The van der Waals surface area contributed by atoms with Crippen LogP contribution in [0.4, 0.5) is 14.5 Å². The molecule has 1 aromatic heterocycles. The summed E-state index contributed by atoms with van der Waals surface area (Å²) >= 11 is 0. The van der Waals surface area contributed by atoms with E-state index in [2.05, 4.69) is 14.6 Å². The van der Waals surface area contributed by atoms with Gasteiger partial charge in [-0.3, -0.25) is 9.40 Å². The zero-order chi connectivity index (χ0) is 17.4. The molecule has 23 heavy (non-hydrogen) atoms. The Balaban J connectivity index is 2.47. The van der Waals surface area contributed by atoms with Crippen LogP contribution in [0.1, 0.15) is 17.0 Å². The average Bonchev–Trinajstić information content (AvgIpc) is 2.66. The molecule has 9 heteroatoms. The lowest BCUT2D eigenvalue weighted by Gasteiger charge is -2.14. The van der Waals surface area contributed by atoms with Crippen molar-refractivity contribution in [2.45, 2.75) is 32.3 Å². The highest BCUT2D eigenvalue weighted by molar-refractivity contribution is 7.92. The van der Waals surface area contributed by atoms with Crippen molar-refractivity contribution in [2.75, 3.05) is 4.72 Å². The molecule has 0 spiro atoms. The lowest BCUT2D eigenvalue weighted by molar-refractivity contribution is -0.0493. The summed E-state index contributed by atoms with van der Waals surface area (Å²) in [4.78, 5) is 0.0181. The maximum Gasteiger partial charge on any atom is 0.387 e. The fourth-order valence-electron chi connectivity index (χ4n) is 2.26. The molecular weight excluding hydrogens is 328 g/mol. The van der Waals surface area contributed by atoms with Gasteiger partial charge in [-0.1, -0.05) is 6.07 Å². The van der Waals surface area contributed by atoms with Crippen LogP contribution in [0.3, 0.4) is 0 Å². The minimum Gasteiger partial charge on any atom is -0.433 e. The van der Waals surface area contributed by atoms with Crippen molar-refractivity contribution in [3.63, 3.8) is 0 Å². The SMILES string of the molecule is Cc1ccc(OC(F)F)c(NS(=O)(=O)c2c(C)nn(C)c2C)c1. The van der Waals surface area contributed by atoms with Crippen molar-refractivity contribution >= 4 is 15.7 Å². The number of anilines is 1. The molecule has 0 aliphatic rings. The second kappa shape index (κ2) is 6.15. The lowest BCUT2D eigenvalue weighted by atomic mass is 10.2. The zero-order valence-electron chi connectivity index (χ0n) is 13.1. The fourth-order valence-corrected chi connectivity index (χ4v) is 3.76. The number of sulfonamides is 1. The molecule has 0 fully saturated rings. The van der Waals surface area contributed by atoms with Crippen molar-refractivity contribution in [3.05, 3.63) is 35.2 Å². The third-order valence-corrected chi connectivity index (χ3v) is 4.92. The molecule has 0 aliphatic carbocycles. The van der Waals surface area contributed by atoms with Crippen LogP contribution in [0.2, 0.25) is 0 Å². The van der Waals surface area contributed by atoms with E-state index < -0.39 is 16.6 Å². The highest BCUT2D eigenvalue weighted by atomic mass is 32.2. The Morgan fingerprint density at radius 2 is 1.91 bits per heavy atom. The normalized spacial score (nSPS) is 11.8. The summed E-state index contributed by atoms with van der Waals surface area (Å²) in [5, 5.41) is 4.05. The highest BCUT2D eigenvalue weighted by Crippen LogP contribution is 2.30. The number of alkyl halides is 2. The number of halogens is 2. The van der Waals surface area contributed by atoms with Crippen molar-refractivity contribution in [1.82, 2.24) is 9.78 Å². The summed E-state index contributed by atoms with van der Waals surface area (Å²) in [5.41, 5.74) is 1.41. The van der Waals surface area contributed by atoms with Gasteiger partial charge in [-0.15, -0.1) is 0 Å². The molecule has 0 bridgehead atoms. The number of nitrogens with zero attached hydrogens (tertiary/aromatic N) is 2. The average molecular weight is 345 g/mol. The summed E-state index contributed by atoms with van der Waals surface area (Å²) < 4.78 is 58.3. The van der Waals surface area contributed by atoms with Gasteiger partial charge >= 0.3 is 6.61 Å². The van der Waals surface area contributed by atoms with E-state index >= 15 is 0 Å². The number of nitrogens with one attached hydrogen (secondary N) is 1. The maximum absolute atomic E-state index is 12.6. The topological polar surface area (TPSA) is 73.2 Å². The quantitative estimate of drug-likeness (QED) is 0.904. The molecule has 0 aliphatic heterocycles. The van der Waals surface area contributed by atoms with Crippen LogP contribution < -0.4 is 9.46 Å². The van der Waals surface area contributed by atoms with Gasteiger partial charge in [-0.2, -0.15) is 13.9 Å². The predicted octanol–water partition coefficient (Wildman–Crippen LogP) is 2.75. The monoisotopic (exact) mass is 345 g/mol. The smallest absolute Gasteiger partial charge is 0.387 e. The second-order valence-corrected chi connectivity index (χ2v) is 6.73. The molecule has 0 atom stereocenters. The molecule has 126 valence electrons. The van der Waals surface area contributed by atoms with E-state index in [4.69, 9.17) is 0 Å². The molecule has 1 aromatic carbocycles. The second-order valence-electron chi connectivity index (χ2n) is 5.11. The van der Waals surface area contributed by atoms with E-state index in [1.165, 1.54) is 16.8 Å². The summed E-state index contributed by atoms with van der Waals surface area (Å²) in [5.74, 6) is -0.242. The highest BCUT2D eigenvalue weighted by Gasteiger charge is 2.25. The van der Waals surface area contributed by atoms with Crippen molar-refractivity contribution < 1.29 is 21.9 Å². The van der Waals surface area contributed by atoms with E-state index in [1.54, 1.807) is 33.9 Å². The summed E-state index contributed by atoms with van der Waals surface area (Å²) in [6, 6.07) is 4.27. The van der Waals surface area contributed by atoms with Crippen molar-refractivity contribution in [1.29, 1.82) is 0 Å². The molecule has 0 amide bonds. The minimum atomic E-state index is -3.99. The number of hydrogen-bond acceptors (Lipinski definition) is 4. The molecule has 2 rings (SSSR count). The Morgan fingerprint density at radius 1 is 1.26 bits per heavy atom. The molecule has 1 N–H and O–H groups in total. The van der Waals surface area contributed by atoms with Gasteiger partial charge in [-0.05, 0) is 38.5 Å². The Bertz CT molecular complexity index is 832. The largest absolute Gasteiger partial charge is 0.433 e. The van der Waals surface area contributed by atoms with Crippen LogP contribution >= 0.6 is 0 Å². The molecule has 0 saturated carbocycles. The van der Waals surface area contributed by atoms with E-state index in [9.17, 15) is 17.2 Å². The van der Waals surface area contributed by atoms with E-state index in [0.29, 0.717) is 17.0 Å². The first-order valence-electron chi connectivity index (χ1n) is 6.70. The van der Waals surface area contributed by atoms with Crippen LogP contribution in [-0.2, 0) is 17.1 Å². The molecule has 2 aromatic rings. The number of aromatic nitrogens is 2. The van der Waals surface area contributed by atoms with Gasteiger partial charge in [0.2, 0.25) is 0 Å². The first kappa shape index (κ1) is 17.2. The van der Waals surface area contributed by atoms with Crippen LogP contribution in [-0.4, -0.2) is 24.8 Å². The number of ether oxygens (including phenoxy) is 1. The van der Waals surface area contributed by atoms with Crippen LogP contribution in [0, 0.1) is 20.8 Å². The summed E-state index contributed by atoms with van der Waals surface area (Å²) in [6.45, 7) is 1.84.